The van der Waals surface area contributed by atoms with Crippen LogP contribution >= 0.6 is 0 Å². The van der Waals surface area contributed by atoms with E-state index in [1.54, 1.807) is 0 Å². The summed E-state index contributed by atoms with van der Waals surface area (Å²) in [6.45, 7) is 9.36. The van der Waals surface area contributed by atoms with E-state index in [1.165, 1.54) is 5.06 Å². The topological polar surface area (TPSA) is 63.9 Å². The average Bonchev–Trinajstić information content (AvgIpc) is 2.11. The van der Waals surface area contributed by atoms with Crippen LogP contribution < -0.4 is 0 Å². The molecule has 0 amide bonds. The van der Waals surface area contributed by atoms with Gasteiger partial charge in [0, 0.05) is 11.1 Å². The number of nitrogens with zero attached hydrogens (tertiary/aromatic N) is 1. The molecule has 1 fully saturated rings. The van der Waals surface area contributed by atoms with E-state index in [0.717, 1.165) is 0 Å². The Kier molecular flexibility index (Phi) is 3.43. The molecular formula is C12H25NO3. The van der Waals surface area contributed by atoms with Gasteiger partial charge in [-0.3, -0.25) is 0 Å². The zero-order valence-corrected chi connectivity index (χ0v) is 11.0. The summed E-state index contributed by atoms with van der Waals surface area (Å²) in [6, 6.07) is 0. The maximum atomic E-state index is 10.5. The summed E-state index contributed by atoms with van der Waals surface area (Å²) in [6.07, 6.45) is 0.526. The van der Waals surface area contributed by atoms with E-state index < -0.39 is 22.8 Å². The Hall–Kier alpha value is -0.160. The molecule has 0 bridgehead atoms. The smallest absolute Gasteiger partial charge is 0.0941 e. The molecule has 0 aromatic rings. The summed E-state index contributed by atoms with van der Waals surface area (Å²) in [5, 5.41) is 31.9. The molecule has 0 aliphatic carbocycles. The van der Waals surface area contributed by atoms with Crippen molar-refractivity contribution in [3.8, 4) is 0 Å². The third-order valence-electron chi connectivity index (χ3n) is 3.63. The third-order valence-corrected chi connectivity index (χ3v) is 3.63. The molecule has 16 heavy (non-hydrogen) atoms. The van der Waals surface area contributed by atoms with Crippen molar-refractivity contribution in [2.24, 2.45) is 0 Å². The van der Waals surface area contributed by atoms with Crippen LogP contribution in [0.25, 0.3) is 0 Å². The first-order valence-electron chi connectivity index (χ1n) is 5.95. The zero-order chi connectivity index (χ0) is 12.8. The second kappa shape index (κ2) is 3.95. The predicted molar refractivity (Wildman–Crippen MR) is 62.3 cm³/mol. The second-order valence-corrected chi connectivity index (χ2v) is 6.32. The van der Waals surface area contributed by atoms with Crippen molar-refractivity contribution in [3.63, 3.8) is 0 Å². The van der Waals surface area contributed by atoms with Crippen molar-refractivity contribution in [3.05, 3.63) is 0 Å². The summed E-state index contributed by atoms with van der Waals surface area (Å²) in [5.41, 5.74) is -2.18. The molecule has 0 radical (unpaired) electrons. The lowest BCUT2D eigenvalue weighted by atomic mass is 9.69. The lowest BCUT2D eigenvalue weighted by Crippen LogP contribution is -2.66. The molecule has 1 saturated heterocycles. The SMILES string of the molecule is CCC(O)C1(O)CC(C)(C)N(O)C(C)(C)C1. The van der Waals surface area contributed by atoms with Gasteiger partial charge < -0.3 is 15.4 Å². The van der Waals surface area contributed by atoms with Gasteiger partial charge in [0.1, 0.15) is 0 Å². The first-order valence-corrected chi connectivity index (χ1v) is 5.95. The van der Waals surface area contributed by atoms with E-state index in [1.807, 2.05) is 34.6 Å². The van der Waals surface area contributed by atoms with Gasteiger partial charge in [-0.25, -0.2) is 0 Å². The number of hydrogen-bond donors (Lipinski definition) is 3. The van der Waals surface area contributed by atoms with Gasteiger partial charge in [0.15, 0.2) is 0 Å². The molecular weight excluding hydrogens is 206 g/mol. The van der Waals surface area contributed by atoms with Crippen molar-refractivity contribution in [2.75, 3.05) is 0 Å². The van der Waals surface area contributed by atoms with Gasteiger partial charge >= 0.3 is 0 Å². The average molecular weight is 231 g/mol. The fourth-order valence-electron chi connectivity index (χ4n) is 3.15. The summed E-state index contributed by atoms with van der Waals surface area (Å²) in [4.78, 5) is 0. The van der Waals surface area contributed by atoms with Gasteiger partial charge in [0.25, 0.3) is 0 Å². The Labute approximate surface area is 97.8 Å². The fourth-order valence-corrected chi connectivity index (χ4v) is 3.15. The molecule has 1 aliphatic heterocycles. The molecule has 1 aliphatic rings. The molecule has 0 aromatic carbocycles. The normalized spacial score (nSPS) is 30.0. The van der Waals surface area contributed by atoms with Crippen molar-refractivity contribution < 1.29 is 15.4 Å². The van der Waals surface area contributed by atoms with E-state index in [9.17, 15) is 15.4 Å². The van der Waals surface area contributed by atoms with E-state index >= 15 is 0 Å². The molecule has 1 heterocycles. The molecule has 0 aromatic heterocycles. The quantitative estimate of drug-likeness (QED) is 0.674. The largest absolute Gasteiger partial charge is 0.390 e. The van der Waals surface area contributed by atoms with Crippen LogP contribution in [0.1, 0.15) is 53.9 Å². The van der Waals surface area contributed by atoms with Crippen LogP contribution in [0, 0.1) is 0 Å². The van der Waals surface area contributed by atoms with Gasteiger partial charge in [0.05, 0.1) is 11.7 Å². The highest BCUT2D eigenvalue weighted by molar-refractivity contribution is 5.05. The number of hydrogen-bond acceptors (Lipinski definition) is 4. The van der Waals surface area contributed by atoms with Crippen molar-refractivity contribution in [1.29, 1.82) is 0 Å². The van der Waals surface area contributed by atoms with E-state index in [4.69, 9.17) is 0 Å². The molecule has 96 valence electrons. The number of piperidine rings is 1. The molecule has 1 atom stereocenters. The van der Waals surface area contributed by atoms with Gasteiger partial charge in [-0.2, -0.15) is 5.06 Å². The van der Waals surface area contributed by atoms with E-state index in [2.05, 4.69) is 0 Å². The predicted octanol–water partition coefficient (Wildman–Crippen LogP) is 1.53. The maximum Gasteiger partial charge on any atom is 0.0941 e. The van der Waals surface area contributed by atoms with Crippen LogP contribution in [0.15, 0.2) is 0 Å². The van der Waals surface area contributed by atoms with Crippen LogP contribution in [0.4, 0.5) is 0 Å². The molecule has 3 N–H and O–H groups in total. The summed E-state index contributed by atoms with van der Waals surface area (Å²) in [5.74, 6) is 0. The van der Waals surface area contributed by atoms with E-state index in [0.29, 0.717) is 19.3 Å². The summed E-state index contributed by atoms with van der Waals surface area (Å²) >= 11 is 0. The van der Waals surface area contributed by atoms with Crippen LogP contribution in [0.3, 0.4) is 0 Å². The summed E-state index contributed by atoms with van der Waals surface area (Å²) < 4.78 is 0. The number of hydroxylamine groups is 2. The minimum Gasteiger partial charge on any atom is -0.390 e. The van der Waals surface area contributed by atoms with E-state index in [-0.39, 0.29) is 0 Å². The molecule has 1 unspecified atom stereocenters. The standard InChI is InChI=1S/C12H25NO3/c1-6-9(14)12(15)7-10(2,3)13(16)11(4,5)8-12/h9,14-16H,6-8H2,1-5H3. The minimum atomic E-state index is -1.11. The maximum absolute atomic E-state index is 10.5. The fraction of sp³-hybridized carbons (Fsp3) is 1.00. The Morgan fingerprint density at radius 1 is 1.12 bits per heavy atom. The lowest BCUT2D eigenvalue weighted by molar-refractivity contribution is -0.287. The molecule has 1 rings (SSSR count). The lowest BCUT2D eigenvalue weighted by Gasteiger charge is -2.55. The Balaban J connectivity index is 3.03. The summed E-state index contributed by atoms with van der Waals surface area (Å²) in [7, 11) is 0. The van der Waals surface area contributed by atoms with Gasteiger partial charge in [-0.15, -0.1) is 0 Å². The Morgan fingerprint density at radius 3 is 1.81 bits per heavy atom. The molecule has 0 saturated carbocycles. The highest BCUT2D eigenvalue weighted by atomic mass is 16.5. The monoisotopic (exact) mass is 231 g/mol. The van der Waals surface area contributed by atoms with Crippen molar-refractivity contribution in [1.82, 2.24) is 5.06 Å². The van der Waals surface area contributed by atoms with Crippen LogP contribution in [0.2, 0.25) is 0 Å². The van der Waals surface area contributed by atoms with Crippen molar-refractivity contribution >= 4 is 0 Å². The first-order chi connectivity index (χ1) is 7.05. The van der Waals surface area contributed by atoms with Crippen LogP contribution in [0.5, 0.6) is 0 Å². The molecule has 4 nitrogen and oxygen atoms in total. The Bertz CT molecular complexity index is 245. The van der Waals surface area contributed by atoms with Gasteiger partial charge in [0.2, 0.25) is 0 Å². The van der Waals surface area contributed by atoms with Gasteiger partial charge in [-0.05, 0) is 47.0 Å². The molecule has 0 spiro atoms. The van der Waals surface area contributed by atoms with Crippen LogP contribution in [-0.2, 0) is 0 Å². The second-order valence-electron chi connectivity index (χ2n) is 6.32. The highest BCUT2D eigenvalue weighted by Crippen LogP contribution is 2.44. The van der Waals surface area contributed by atoms with Crippen LogP contribution in [-0.4, -0.2) is 43.3 Å². The number of aliphatic hydroxyl groups excluding tert-OH is 1. The Morgan fingerprint density at radius 2 is 1.50 bits per heavy atom. The van der Waals surface area contributed by atoms with Crippen molar-refractivity contribution in [2.45, 2.75) is 76.7 Å². The highest BCUT2D eigenvalue weighted by Gasteiger charge is 2.53. The number of aliphatic hydroxyl groups is 2. The molecule has 4 heteroatoms. The third kappa shape index (κ3) is 2.25. The zero-order valence-electron chi connectivity index (χ0n) is 11.0. The van der Waals surface area contributed by atoms with Gasteiger partial charge in [-0.1, -0.05) is 6.92 Å². The minimum absolute atomic E-state index is 0.370. The first kappa shape index (κ1) is 13.9. The number of rotatable bonds is 2.